The highest BCUT2D eigenvalue weighted by molar-refractivity contribution is 6.33. The maximum absolute atomic E-state index is 12.2. The molecule has 3 aromatic rings. The molecule has 3 aromatic carbocycles. The molecule has 3 rings (SSSR count). The molecule has 0 bridgehead atoms. The van der Waals surface area contributed by atoms with Crippen molar-refractivity contribution in [3.63, 3.8) is 0 Å². The first-order valence-electron chi connectivity index (χ1n) is 9.33. The minimum atomic E-state index is -0.362. The first-order valence-corrected chi connectivity index (χ1v) is 9.70. The molecule has 7 heteroatoms. The number of hydrogen-bond acceptors (Lipinski definition) is 5. The van der Waals surface area contributed by atoms with E-state index < -0.39 is 0 Å². The summed E-state index contributed by atoms with van der Waals surface area (Å²) in [6, 6.07) is 18.0. The van der Waals surface area contributed by atoms with Gasteiger partial charge in [-0.3, -0.25) is 9.59 Å². The summed E-state index contributed by atoms with van der Waals surface area (Å²) < 4.78 is 10.9. The second kappa shape index (κ2) is 10.3. The number of methoxy groups -OCH3 is 1. The van der Waals surface area contributed by atoms with Crippen LogP contribution in [0, 0.1) is 0 Å². The molecule has 0 saturated heterocycles. The van der Waals surface area contributed by atoms with Crippen LogP contribution in [0.15, 0.2) is 72.8 Å². The van der Waals surface area contributed by atoms with Crippen LogP contribution in [-0.2, 0) is 4.79 Å². The van der Waals surface area contributed by atoms with E-state index >= 15 is 0 Å². The van der Waals surface area contributed by atoms with Gasteiger partial charge in [0.1, 0.15) is 5.75 Å². The number of anilines is 1. The molecule has 6 nitrogen and oxygen atoms in total. The fourth-order valence-corrected chi connectivity index (χ4v) is 2.88. The highest BCUT2D eigenvalue weighted by Gasteiger charge is 2.10. The van der Waals surface area contributed by atoms with Gasteiger partial charge in [0.15, 0.2) is 23.9 Å². The third kappa shape index (κ3) is 6.10. The van der Waals surface area contributed by atoms with Crippen molar-refractivity contribution in [3.8, 4) is 17.2 Å². The van der Waals surface area contributed by atoms with E-state index in [1.807, 2.05) is 0 Å². The maximum atomic E-state index is 12.2. The molecule has 0 atom stereocenters. The number of para-hydroxylation sites is 1. The standard InChI is InChI=1S/C24H20ClNO5/c1-30-23-14-16(6-12-21(28)17-8-10-18(27)11-9-17)7-13-22(23)31-15-24(29)26-20-5-3-2-4-19(20)25/h2-14,27H,15H2,1H3,(H,26,29)/b12-6+. The number of phenolic OH excluding ortho intramolecular Hbond substituents is 1. The zero-order valence-electron chi connectivity index (χ0n) is 16.7. The summed E-state index contributed by atoms with van der Waals surface area (Å²) in [7, 11) is 1.49. The number of phenols is 1. The number of ketones is 1. The number of aromatic hydroxyl groups is 1. The highest BCUT2D eigenvalue weighted by atomic mass is 35.5. The lowest BCUT2D eigenvalue weighted by Crippen LogP contribution is -2.20. The van der Waals surface area contributed by atoms with Crippen LogP contribution in [0.1, 0.15) is 15.9 Å². The summed E-state index contributed by atoms with van der Waals surface area (Å²) in [5, 5.41) is 12.4. The van der Waals surface area contributed by atoms with Crippen LogP contribution in [0.2, 0.25) is 5.02 Å². The molecule has 0 unspecified atom stereocenters. The average Bonchev–Trinajstić information content (AvgIpc) is 2.78. The van der Waals surface area contributed by atoms with E-state index in [2.05, 4.69) is 5.32 Å². The maximum Gasteiger partial charge on any atom is 0.262 e. The summed E-state index contributed by atoms with van der Waals surface area (Å²) in [6.45, 7) is -0.226. The lowest BCUT2D eigenvalue weighted by Gasteiger charge is -2.12. The van der Waals surface area contributed by atoms with Crippen molar-refractivity contribution in [2.45, 2.75) is 0 Å². The first-order chi connectivity index (χ1) is 15.0. The van der Waals surface area contributed by atoms with Crippen molar-refractivity contribution in [1.82, 2.24) is 0 Å². The number of benzene rings is 3. The Hall–Kier alpha value is -3.77. The van der Waals surface area contributed by atoms with E-state index in [9.17, 15) is 14.7 Å². The minimum absolute atomic E-state index is 0.0985. The molecule has 0 fully saturated rings. The Bertz CT molecular complexity index is 1110. The summed E-state index contributed by atoms with van der Waals surface area (Å²) in [6.07, 6.45) is 3.07. The smallest absolute Gasteiger partial charge is 0.262 e. The van der Waals surface area contributed by atoms with E-state index in [0.29, 0.717) is 27.8 Å². The SMILES string of the molecule is COc1cc(/C=C/C(=O)c2ccc(O)cc2)ccc1OCC(=O)Nc1ccccc1Cl. The molecule has 0 aliphatic carbocycles. The van der Waals surface area contributed by atoms with Gasteiger partial charge in [0.25, 0.3) is 5.91 Å². The quantitative estimate of drug-likeness (QED) is 0.384. The van der Waals surface area contributed by atoms with Crippen LogP contribution in [0.5, 0.6) is 17.2 Å². The molecule has 0 aliphatic rings. The van der Waals surface area contributed by atoms with Gasteiger partial charge in [-0.1, -0.05) is 35.9 Å². The molecule has 0 radical (unpaired) electrons. The van der Waals surface area contributed by atoms with Crippen LogP contribution in [0.4, 0.5) is 5.69 Å². The van der Waals surface area contributed by atoms with Crippen LogP contribution >= 0.6 is 11.6 Å². The van der Waals surface area contributed by atoms with Gasteiger partial charge in [0, 0.05) is 5.56 Å². The summed E-state index contributed by atoms with van der Waals surface area (Å²) in [5.74, 6) is 0.346. The van der Waals surface area contributed by atoms with E-state index in [1.165, 1.54) is 25.3 Å². The number of hydrogen-bond donors (Lipinski definition) is 2. The topological polar surface area (TPSA) is 84.9 Å². The number of ether oxygens (including phenoxy) is 2. The molecule has 158 valence electrons. The number of rotatable bonds is 8. The molecular weight excluding hydrogens is 418 g/mol. The van der Waals surface area contributed by atoms with Gasteiger partial charge >= 0.3 is 0 Å². The molecule has 0 heterocycles. The van der Waals surface area contributed by atoms with Crippen LogP contribution in [-0.4, -0.2) is 30.5 Å². The first kappa shape index (κ1) is 21.9. The number of halogens is 1. The Labute approximate surface area is 184 Å². The van der Waals surface area contributed by atoms with Gasteiger partial charge in [-0.2, -0.15) is 0 Å². The van der Waals surface area contributed by atoms with Crippen molar-refractivity contribution < 1.29 is 24.2 Å². The summed E-state index contributed by atoms with van der Waals surface area (Å²) in [5.41, 5.74) is 1.69. The number of carbonyl (C=O) groups is 2. The Balaban J connectivity index is 1.62. The third-order valence-electron chi connectivity index (χ3n) is 4.27. The van der Waals surface area contributed by atoms with Crippen molar-refractivity contribution in [3.05, 3.63) is 89.0 Å². The lowest BCUT2D eigenvalue weighted by atomic mass is 10.1. The van der Waals surface area contributed by atoms with E-state index in [4.69, 9.17) is 21.1 Å². The molecular formula is C24H20ClNO5. The predicted molar refractivity (Wildman–Crippen MR) is 120 cm³/mol. The van der Waals surface area contributed by atoms with Crippen LogP contribution < -0.4 is 14.8 Å². The van der Waals surface area contributed by atoms with Crippen LogP contribution in [0.25, 0.3) is 6.08 Å². The lowest BCUT2D eigenvalue weighted by molar-refractivity contribution is -0.118. The Morgan fingerprint density at radius 1 is 1.03 bits per heavy atom. The summed E-state index contributed by atoms with van der Waals surface area (Å²) >= 11 is 6.03. The fraction of sp³-hybridized carbons (Fsp3) is 0.0833. The Kier molecular flexibility index (Phi) is 7.30. The van der Waals surface area contributed by atoms with Gasteiger partial charge in [-0.25, -0.2) is 0 Å². The fourth-order valence-electron chi connectivity index (χ4n) is 2.69. The Morgan fingerprint density at radius 2 is 1.77 bits per heavy atom. The molecule has 0 aromatic heterocycles. The highest BCUT2D eigenvalue weighted by Crippen LogP contribution is 2.29. The number of amides is 1. The molecule has 2 N–H and O–H groups in total. The monoisotopic (exact) mass is 437 g/mol. The van der Waals surface area contributed by atoms with E-state index in [0.717, 1.165) is 5.56 Å². The van der Waals surface area contributed by atoms with Crippen molar-refractivity contribution >= 4 is 35.1 Å². The zero-order chi connectivity index (χ0) is 22.2. The Morgan fingerprint density at radius 3 is 2.48 bits per heavy atom. The third-order valence-corrected chi connectivity index (χ3v) is 4.60. The van der Waals surface area contributed by atoms with E-state index in [1.54, 1.807) is 60.7 Å². The van der Waals surface area contributed by atoms with E-state index in [-0.39, 0.29) is 24.0 Å². The van der Waals surface area contributed by atoms with Gasteiger partial charge in [-0.15, -0.1) is 0 Å². The zero-order valence-corrected chi connectivity index (χ0v) is 17.4. The average molecular weight is 438 g/mol. The van der Waals surface area contributed by atoms with Gasteiger partial charge < -0.3 is 19.9 Å². The van der Waals surface area contributed by atoms with Crippen molar-refractivity contribution in [2.75, 3.05) is 19.0 Å². The van der Waals surface area contributed by atoms with Crippen molar-refractivity contribution in [1.29, 1.82) is 0 Å². The molecule has 0 spiro atoms. The van der Waals surface area contributed by atoms with Crippen LogP contribution in [0.3, 0.4) is 0 Å². The largest absolute Gasteiger partial charge is 0.508 e. The molecule has 0 saturated carbocycles. The number of nitrogens with one attached hydrogen (secondary N) is 1. The second-order valence-electron chi connectivity index (χ2n) is 6.47. The molecule has 1 amide bonds. The second-order valence-corrected chi connectivity index (χ2v) is 6.88. The normalized spacial score (nSPS) is 10.6. The van der Waals surface area contributed by atoms with Gasteiger partial charge in [-0.05, 0) is 60.2 Å². The minimum Gasteiger partial charge on any atom is -0.508 e. The predicted octanol–water partition coefficient (Wildman–Crippen LogP) is 4.97. The van der Waals surface area contributed by atoms with Gasteiger partial charge in [0.05, 0.1) is 17.8 Å². The molecule has 0 aliphatic heterocycles. The molecule has 31 heavy (non-hydrogen) atoms. The van der Waals surface area contributed by atoms with Crippen molar-refractivity contribution in [2.24, 2.45) is 0 Å². The number of allylic oxidation sites excluding steroid dienone is 1. The van der Waals surface area contributed by atoms with Gasteiger partial charge in [0.2, 0.25) is 0 Å². The number of carbonyl (C=O) groups excluding carboxylic acids is 2. The summed E-state index contributed by atoms with van der Waals surface area (Å²) in [4.78, 5) is 24.4.